The van der Waals surface area contributed by atoms with E-state index in [0.717, 1.165) is 51.4 Å². The Hall–Kier alpha value is -3.66. The van der Waals surface area contributed by atoms with Crippen molar-refractivity contribution in [2.24, 2.45) is 10.9 Å². The number of carbonyl (C=O) groups excluding carboxylic acids is 1. The number of hydrogen-bond donors (Lipinski definition) is 1. The molecule has 1 aliphatic rings. The predicted octanol–water partition coefficient (Wildman–Crippen LogP) is 6.46. The maximum Gasteiger partial charge on any atom is 0.345 e. The van der Waals surface area contributed by atoms with Gasteiger partial charge in [0.15, 0.2) is 0 Å². The van der Waals surface area contributed by atoms with Crippen LogP contribution in [0.15, 0.2) is 83.9 Å². The molecule has 162 valence electrons. The van der Waals surface area contributed by atoms with E-state index in [2.05, 4.69) is 49.3 Å². The first-order valence-corrected chi connectivity index (χ1v) is 10.9. The summed E-state index contributed by atoms with van der Waals surface area (Å²) in [6.07, 6.45) is 2.87. The van der Waals surface area contributed by atoms with Crippen molar-refractivity contribution < 1.29 is 9.53 Å². The number of amides is 2. The SMILES string of the molecule is Cc1cccc(C)c1C1=NC(=O)N/C(c2ccc(OCc3ccccc3)cc2)=C/CC1C. The summed E-state index contributed by atoms with van der Waals surface area (Å²) in [5.41, 5.74) is 7.03. The Morgan fingerprint density at radius 2 is 1.62 bits per heavy atom. The predicted molar refractivity (Wildman–Crippen MR) is 130 cm³/mol. The van der Waals surface area contributed by atoms with Gasteiger partial charge >= 0.3 is 6.03 Å². The number of ether oxygens (including phenoxy) is 1. The molecule has 0 bridgehead atoms. The molecular formula is C28H28N2O2. The molecule has 4 heteroatoms. The molecule has 3 aromatic rings. The second-order valence-electron chi connectivity index (χ2n) is 8.25. The van der Waals surface area contributed by atoms with Crippen LogP contribution in [-0.2, 0) is 6.61 Å². The number of aliphatic imine (C=N–C) groups is 1. The lowest BCUT2D eigenvalue weighted by Gasteiger charge is -2.21. The van der Waals surface area contributed by atoms with Gasteiger partial charge in [0.1, 0.15) is 12.4 Å². The lowest BCUT2D eigenvalue weighted by Crippen LogP contribution is -2.26. The van der Waals surface area contributed by atoms with E-state index in [0.29, 0.717) is 6.61 Å². The Bertz CT molecular complexity index is 1140. The molecule has 0 saturated carbocycles. The molecule has 0 aliphatic carbocycles. The van der Waals surface area contributed by atoms with Crippen LogP contribution in [0.1, 0.15) is 41.2 Å². The van der Waals surface area contributed by atoms with Gasteiger partial charge in [-0.2, -0.15) is 4.99 Å². The number of carbonyl (C=O) groups is 1. The number of hydrogen-bond acceptors (Lipinski definition) is 2. The maximum absolute atomic E-state index is 12.7. The number of urea groups is 1. The first-order valence-electron chi connectivity index (χ1n) is 10.9. The zero-order valence-electron chi connectivity index (χ0n) is 18.8. The van der Waals surface area contributed by atoms with Gasteiger partial charge < -0.3 is 10.1 Å². The van der Waals surface area contributed by atoms with Crippen LogP contribution in [0.25, 0.3) is 5.70 Å². The molecule has 0 radical (unpaired) electrons. The summed E-state index contributed by atoms with van der Waals surface area (Å²) in [5.74, 6) is 0.920. The molecule has 1 heterocycles. The molecule has 1 unspecified atom stereocenters. The highest BCUT2D eigenvalue weighted by molar-refractivity contribution is 6.10. The van der Waals surface area contributed by atoms with Crippen molar-refractivity contribution in [3.8, 4) is 5.75 Å². The van der Waals surface area contributed by atoms with Crippen molar-refractivity contribution in [2.75, 3.05) is 0 Å². The summed E-state index contributed by atoms with van der Waals surface area (Å²) in [5, 5.41) is 2.97. The molecule has 3 aromatic carbocycles. The van der Waals surface area contributed by atoms with Gasteiger partial charge in [0.2, 0.25) is 0 Å². The van der Waals surface area contributed by atoms with Crippen LogP contribution < -0.4 is 10.1 Å². The molecule has 32 heavy (non-hydrogen) atoms. The number of aryl methyl sites for hydroxylation is 2. The van der Waals surface area contributed by atoms with Crippen molar-refractivity contribution in [3.05, 3.63) is 107 Å². The number of nitrogens with one attached hydrogen (secondary N) is 1. The first-order chi connectivity index (χ1) is 15.5. The third-order valence-corrected chi connectivity index (χ3v) is 5.76. The molecule has 4 nitrogen and oxygen atoms in total. The van der Waals surface area contributed by atoms with E-state index in [9.17, 15) is 4.79 Å². The Labute approximate surface area is 189 Å². The third kappa shape index (κ3) is 4.97. The fourth-order valence-electron chi connectivity index (χ4n) is 4.00. The van der Waals surface area contributed by atoms with Crippen molar-refractivity contribution >= 4 is 17.4 Å². The van der Waals surface area contributed by atoms with E-state index in [-0.39, 0.29) is 11.9 Å². The highest BCUT2D eigenvalue weighted by Gasteiger charge is 2.21. The first kappa shape index (κ1) is 21.6. The van der Waals surface area contributed by atoms with Crippen LogP contribution in [0.5, 0.6) is 5.75 Å². The van der Waals surface area contributed by atoms with Crippen LogP contribution in [0.3, 0.4) is 0 Å². The molecular weight excluding hydrogens is 396 g/mol. The minimum atomic E-state index is -0.343. The van der Waals surface area contributed by atoms with Crippen molar-refractivity contribution in [1.29, 1.82) is 0 Å². The zero-order chi connectivity index (χ0) is 22.5. The molecule has 0 fully saturated rings. The molecule has 1 aliphatic heterocycles. The summed E-state index contributed by atoms with van der Waals surface area (Å²) in [6.45, 7) is 6.78. The average Bonchev–Trinajstić information content (AvgIpc) is 2.79. The fourth-order valence-corrected chi connectivity index (χ4v) is 4.00. The van der Waals surface area contributed by atoms with Gasteiger partial charge in [0, 0.05) is 17.2 Å². The third-order valence-electron chi connectivity index (χ3n) is 5.76. The van der Waals surface area contributed by atoms with Crippen LogP contribution in [0.2, 0.25) is 0 Å². The van der Waals surface area contributed by atoms with Crippen molar-refractivity contribution in [1.82, 2.24) is 5.32 Å². The Morgan fingerprint density at radius 1 is 0.938 bits per heavy atom. The molecule has 0 aromatic heterocycles. The van der Waals surface area contributed by atoms with Gasteiger partial charge in [-0.25, -0.2) is 4.79 Å². The number of benzene rings is 3. The van der Waals surface area contributed by atoms with Crippen molar-refractivity contribution in [3.63, 3.8) is 0 Å². The van der Waals surface area contributed by atoms with E-state index in [4.69, 9.17) is 4.74 Å². The molecule has 2 amide bonds. The lowest BCUT2D eigenvalue weighted by atomic mass is 9.89. The largest absolute Gasteiger partial charge is 0.489 e. The molecule has 1 N–H and O–H groups in total. The van der Waals surface area contributed by atoms with Gasteiger partial charge in [0.05, 0.1) is 5.71 Å². The number of allylic oxidation sites excluding steroid dienone is 1. The lowest BCUT2D eigenvalue weighted by molar-refractivity contribution is 0.252. The highest BCUT2D eigenvalue weighted by Crippen LogP contribution is 2.25. The van der Waals surface area contributed by atoms with Gasteiger partial charge in [-0.05, 0) is 66.8 Å². The molecule has 1 atom stereocenters. The quantitative estimate of drug-likeness (QED) is 0.511. The molecule has 0 spiro atoms. The zero-order valence-corrected chi connectivity index (χ0v) is 18.8. The van der Waals surface area contributed by atoms with Gasteiger partial charge in [-0.15, -0.1) is 0 Å². The standard InChI is InChI=1S/C28H28N2O2/c1-19-8-7-9-20(2)26(19)27-21(3)12-17-25(29-28(31)30-27)23-13-15-24(16-14-23)32-18-22-10-5-4-6-11-22/h4-11,13-17,21H,12,18H2,1-3H3,(H,29,31)/b25-17+,30-27?. The monoisotopic (exact) mass is 424 g/mol. The Kier molecular flexibility index (Phi) is 6.50. The van der Waals surface area contributed by atoms with E-state index in [1.807, 2.05) is 60.7 Å². The summed E-state index contributed by atoms with van der Waals surface area (Å²) >= 11 is 0. The summed E-state index contributed by atoms with van der Waals surface area (Å²) in [4.78, 5) is 17.2. The van der Waals surface area contributed by atoms with Crippen LogP contribution in [-0.4, -0.2) is 11.7 Å². The van der Waals surface area contributed by atoms with E-state index in [1.165, 1.54) is 0 Å². The van der Waals surface area contributed by atoms with Crippen LogP contribution >= 0.6 is 0 Å². The molecule has 0 saturated heterocycles. The fraction of sp³-hybridized carbons (Fsp3) is 0.214. The summed E-state index contributed by atoms with van der Waals surface area (Å²) in [7, 11) is 0. The normalized spacial score (nSPS) is 18.0. The molecule has 4 rings (SSSR count). The summed E-state index contributed by atoms with van der Waals surface area (Å²) in [6, 6.07) is 23.7. The highest BCUT2D eigenvalue weighted by atomic mass is 16.5. The van der Waals surface area contributed by atoms with E-state index >= 15 is 0 Å². The van der Waals surface area contributed by atoms with Gasteiger partial charge in [-0.1, -0.05) is 61.5 Å². The van der Waals surface area contributed by atoms with Crippen molar-refractivity contribution in [2.45, 2.75) is 33.8 Å². The van der Waals surface area contributed by atoms with Crippen LogP contribution in [0.4, 0.5) is 4.79 Å². The minimum Gasteiger partial charge on any atom is -0.489 e. The Balaban J connectivity index is 1.49. The summed E-state index contributed by atoms with van der Waals surface area (Å²) < 4.78 is 5.87. The minimum absolute atomic E-state index is 0.129. The van der Waals surface area contributed by atoms with Gasteiger partial charge in [-0.3, -0.25) is 0 Å². The van der Waals surface area contributed by atoms with E-state index < -0.39 is 0 Å². The van der Waals surface area contributed by atoms with Gasteiger partial charge in [0.25, 0.3) is 0 Å². The number of nitrogens with zero attached hydrogens (tertiary/aromatic N) is 1. The van der Waals surface area contributed by atoms with E-state index in [1.54, 1.807) is 0 Å². The average molecular weight is 425 g/mol. The topological polar surface area (TPSA) is 50.7 Å². The second-order valence-corrected chi connectivity index (χ2v) is 8.25. The van der Waals surface area contributed by atoms with Crippen LogP contribution in [0, 0.1) is 19.8 Å². The smallest absolute Gasteiger partial charge is 0.345 e. The maximum atomic E-state index is 12.7. The number of rotatable bonds is 5. The Morgan fingerprint density at radius 3 is 2.31 bits per heavy atom. The second kappa shape index (κ2) is 9.65.